The topological polar surface area (TPSA) is 81.7 Å². The molecule has 0 bridgehead atoms. The van der Waals surface area contributed by atoms with E-state index in [9.17, 15) is 13.2 Å². The highest BCUT2D eigenvalue weighted by Gasteiger charge is 2.15. The summed E-state index contributed by atoms with van der Waals surface area (Å²) < 4.78 is 36.7. The molecule has 0 unspecified atom stereocenters. The molecule has 7 heteroatoms. The largest absolute Gasteiger partial charge is 0.490 e. The minimum atomic E-state index is -3.73. The van der Waals surface area contributed by atoms with Gasteiger partial charge in [-0.2, -0.15) is 4.72 Å². The van der Waals surface area contributed by atoms with E-state index in [1.54, 1.807) is 12.1 Å². The number of sulfonamides is 1. The maximum atomic E-state index is 12.1. The molecule has 0 amide bonds. The molecule has 0 aromatic heterocycles. The van der Waals surface area contributed by atoms with Gasteiger partial charge in [-0.15, -0.1) is 0 Å². The summed E-state index contributed by atoms with van der Waals surface area (Å²) in [5.74, 6) is 0.0275. The maximum Gasteiger partial charge on any atom is 0.321 e. The van der Waals surface area contributed by atoms with E-state index in [2.05, 4.69) is 4.72 Å². The van der Waals surface area contributed by atoms with Crippen LogP contribution < -0.4 is 9.46 Å². The van der Waals surface area contributed by atoms with Gasteiger partial charge in [0.15, 0.2) is 0 Å². The molecular weight excluding hydrogens is 342 g/mol. The highest BCUT2D eigenvalue weighted by atomic mass is 32.2. The molecule has 6 nitrogen and oxygen atoms in total. The van der Waals surface area contributed by atoms with E-state index >= 15 is 0 Å². The number of nitrogens with one attached hydrogen (secondary N) is 1. The van der Waals surface area contributed by atoms with Crippen LogP contribution in [0.3, 0.4) is 0 Å². The number of hydrogen-bond acceptors (Lipinski definition) is 5. The van der Waals surface area contributed by atoms with E-state index in [1.165, 1.54) is 12.1 Å². The SMILES string of the molecule is Cc1ccc(S(=O)(=O)NCC(=O)OCCOc2cccc(C)c2)cc1. The lowest BCUT2D eigenvalue weighted by molar-refractivity contribution is -0.142. The van der Waals surface area contributed by atoms with Gasteiger partial charge in [0.1, 0.15) is 25.5 Å². The first-order valence-corrected chi connectivity index (χ1v) is 9.26. The Bertz CT molecular complexity index is 816. The van der Waals surface area contributed by atoms with Crippen molar-refractivity contribution in [3.63, 3.8) is 0 Å². The van der Waals surface area contributed by atoms with Crippen LogP contribution in [0.15, 0.2) is 53.4 Å². The van der Waals surface area contributed by atoms with Gasteiger partial charge in [0.25, 0.3) is 0 Å². The van der Waals surface area contributed by atoms with Crippen LogP contribution in [0.25, 0.3) is 0 Å². The van der Waals surface area contributed by atoms with Crippen LogP contribution in [0, 0.1) is 13.8 Å². The zero-order valence-electron chi connectivity index (χ0n) is 14.2. The minimum absolute atomic E-state index is 0.0407. The molecule has 0 saturated carbocycles. The Morgan fingerprint density at radius 3 is 2.40 bits per heavy atom. The fourth-order valence-electron chi connectivity index (χ4n) is 2.03. The van der Waals surface area contributed by atoms with Gasteiger partial charge in [-0.05, 0) is 43.7 Å². The first kappa shape index (κ1) is 19.0. The zero-order chi connectivity index (χ0) is 18.3. The lowest BCUT2D eigenvalue weighted by Gasteiger charge is -2.09. The van der Waals surface area contributed by atoms with Crippen LogP contribution in [0.5, 0.6) is 5.75 Å². The van der Waals surface area contributed by atoms with Crippen LogP contribution in [0.2, 0.25) is 0 Å². The Hall–Kier alpha value is -2.38. The molecule has 0 saturated heterocycles. The molecule has 2 aromatic carbocycles. The summed E-state index contributed by atoms with van der Waals surface area (Å²) in [6.07, 6.45) is 0. The van der Waals surface area contributed by atoms with Gasteiger partial charge < -0.3 is 9.47 Å². The van der Waals surface area contributed by atoms with Crippen LogP contribution >= 0.6 is 0 Å². The molecule has 0 spiro atoms. The second-order valence-electron chi connectivity index (χ2n) is 5.52. The summed E-state index contributed by atoms with van der Waals surface area (Å²) in [6, 6.07) is 13.9. The summed E-state index contributed by atoms with van der Waals surface area (Å²) in [4.78, 5) is 11.7. The van der Waals surface area contributed by atoms with Crippen LogP contribution in [-0.4, -0.2) is 34.1 Å². The van der Waals surface area contributed by atoms with Crippen molar-refractivity contribution < 1.29 is 22.7 Å². The van der Waals surface area contributed by atoms with Gasteiger partial charge >= 0.3 is 5.97 Å². The fraction of sp³-hybridized carbons (Fsp3) is 0.278. The highest BCUT2D eigenvalue weighted by molar-refractivity contribution is 7.89. The molecule has 2 aromatic rings. The molecule has 134 valence electrons. The van der Waals surface area contributed by atoms with Gasteiger partial charge in [-0.25, -0.2) is 8.42 Å². The number of rotatable bonds is 8. The van der Waals surface area contributed by atoms with Crippen molar-refractivity contribution in [3.05, 3.63) is 59.7 Å². The first-order valence-electron chi connectivity index (χ1n) is 7.78. The Labute approximate surface area is 147 Å². The van der Waals surface area contributed by atoms with Crippen molar-refractivity contribution in [2.75, 3.05) is 19.8 Å². The quantitative estimate of drug-likeness (QED) is 0.574. The molecule has 0 aliphatic rings. The third-order valence-electron chi connectivity index (χ3n) is 3.34. The summed E-state index contributed by atoms with van der Waals surface area (Å²) in [7, 11) is -3.73. The smallest absolute Gasteiger partial charge is 0.321 e. The zero-order valence-corrected chi connectivity index (χ0v) is 15.0. The van der Waals surface area contributed by atoms with Crippen molar-refractivity contribution in [2.45, 2.75) is 18.7 Å². The van der Waals surface area contributed by atoms with Gasteiger partial charge in [0, 0.05) is 0 Å². The minimum Gasteiger partial charge on any atom is -0.490 e. The first-order chi connectivity index (χ1) is 11.9. The lowest BCUT2D eigenvalue weighted by Crippen LogP contribution is -2.31. The standard InChI is InChI=1S/C18H21NO5S/c1-14-6-8-17(9-7-14)25(21,22)19-13-18(20)24-11-10-23-16-5-3-4-15(2)12-16/h3-9,12,19H,10-11,13H2,1-2H3. The Balaban J connectivity index is 1.72. The Morgan fingerprint density at radius 1 is 1.00 bits per heavy atom. The average molecular weight is 363 g/mol. The second-order valence-corrected chi connectivity index (χ2v) is 7.29. The maximum absolute atomic E-state index is 12.1. The van der Waals surface area contributed by atoms with E-state index < -0.39 is 22.5 Å². The molecule has 2 rings (SSSR count). The van der Waals surface area contributed by atoms with Crippen molar-refractivity contribution in [1.82, 2.24) is 4.72 Å². The predicted molar refractivity (Wildman–Crippen MR) is 94.0 cm³/mol. The number of hydrogen-bond donors (Lipinski definition) is 1. The Kier molecular flexibility index (Phi) is 6.55. The molecule has 0 heterocycles. The van der Waals surface area contributed by atoms with Crippen LogP contribution in [-0.2, 0) is 19.6 Å². The fourth-order valence-corrected chi connectivity index (χ4v) is 2.99. The van der Waals surface area contributed by atoms with Crippen LogP contribution in [0.4, 0.5) is 0 Å². The van der Waals surface area contributed by atoms with E-state index in [0.717, 1.165) is 11.1 Å². The van der Waals surface area contributed by atoms with E-state index in [-0.39, 0.29) is 18.1 Å². The Morgan fingerprint density at radius 2 is 1.72 bits per heavy atom. The molecule has 25 heavy (non-hydrogen) atoms. The predicted octanol–water partition coefficient (Wildman–Crippen LogP) is 2.20. The number of aryl methyl sites for hydroxylation is 2. The number of esters is 1. The summed E-state index contributed by atoms with van der Waals surface area (Å²) in [5, 5.41) is 0. The van der Waals surface area contributed by atoms with Gasteiger partial charge in [-0.3, -0.25) is 4.79 Å². The second kappa shape index (κ2) is 8.64. The molecule has 0 atom stereocenters. The van der Waals surface area contributed by atoms with Crippen molar-refractivity contribution >= 4 is 16.0 Å². The van der Waals surface area contributed by atoms with E-state index in [0.29, 0.717) is 5.75 Å². The normalized spacial score (nSPS) is 11.1. The number of carbonyl (C=O) groups excluding carboxylic acids is 1. The third kappa shape index (κ3) is 6.21. The third-order valence-corrected chi connectivity index (χ3v) is 4.76. The average Bonchev–Trinajstić information content (AvgIpc) is 2.57. The van der Waals surface area contributed by atoms with E-state index in [1.807, 2.05) is 38.1 Å². The van der Waals surface area contributed by atoms with Gasteiger partial charge in [0.2, 0.25) is 10.0 Å². The molecule has 0 fully saturated rings. The molecule has 1 N–H and O–H groups in total. The monoisotopic (exact) mass is 363 g/mol. The number of benzene rings is 2. The summed E-state index contributed by atoms with van der Waals surface area (Å²) in [6.45, 7) is 3.62. The van der Waals surface area contributed by atoms with Crippen molar-refractivity contribution in [2.24, 2.45) is 0 Å². The summed E-state index contributed by atoms with van der Waals surface area (Å²) in [5.41, 5.74) is 2.02. The lowest BCUT2D eigenvalue weighted by atomic mass is 10.2. The molecule has 0 aliphatic heterocycles. The van der Waals surface area contributed by atoms with Gasteiger partial charge in [0.05, 0.1) is 4.90 Å². The summed E-state index contributed by atoms with van der Waals surface area (Å²) >= 11 is 0. The van der Waals surface area contributed by atoms with E-state index in [4.69, 9.17) is 9.47 Å². The number of ether oxygens (including phenoxy) is 2. The van der Waals surface area contributed by atoms with Crippen molar-refractivity contribution in [3.8, 4) is 5.75 Å². The van der Waals surface area contributed by atoms with Crippen molar-refractivity contribution in [1.29, 1.82) is 0 Å². The number of carbonyl (C=O) groups is 1. The molecule has 0 radical (unpaired) electrons. The highest BCUT2D eigenvalue weighted by Crippen LogP contribution is 2.12. The molecular formula is C18H21NO5S. The van der Waals surface area contributed by atoms with Crippen LogP contribution in [0.1, 0.15) is 11.1 Å². The molecule has 0 aliphatic carbocycles. The van der Waals surface area contributed by atoms with Gasteiger partial charge in [-0.1, -0.05) is 29.8 Å².